The van der Waals surface area contributed by atoms with E-state index in [0.717, 1.165) is 18.0 Å². The zero-order valence-electron chi connectivity index (χ0n) is 13.3. The largest absolute Gasteiger partial charge is 0.377 e. The fourth-order valence-electron chi connectivity index (χ4n) is 2.53. The fourth-order valence-corrected chi connectivity index (χ4v) is 2.53. The molecule has 0 saturated heterocycles. The highest BCUT2D eigenvalue weighted by Gasteiger charge is 2.15. The lowest BCUT2D eigenvalue weighted by atomic mass is 9.98. The number of hydrogen-bond donors (Lipinski definition) is 1. The van der Waals surface area contributed by atoms with Crippen molar-refractivity contribution >= 4 is 0 Å². The average Bonchev–Trinajstić information content (AvgIpc) is 3.06. The molecule has 2 heterocycles. The number of aromatic nitrogens is 2. The Kier molecular flexibility index (Phi) is 5.59. The maximum Gasteiger partial charge on any atom is 0.162 e. The molecule has 0 amide bonds. The number of nitrogens with one attached hydrogen (secondary N) is 1. The molecule has 0 aliphatic heterocycles. The lowest BCUT2D eigenvalue weighted by Gasteiger charge is -2.20. The van der Waals surface area contributed by atoms with Gasteiger partial charge < -0.3 is 19.1 Å². The molecule has 5 nitrogen and oxygen atoms in total. The van der Waals surface area contributed by atoms with Gasteiger partial charge in [-0.05, 0) is 24.1 Å². The van der Waals surface area contributed by atoms with Crippen LogP contribution >= 0.6 is 0 Å². The minimum Gasteiger partial charge on any atom is -0.377 e. The van der Waals surface area contributed by atoms with Crippen LogP contribution in [0.3, 0.4) is 0 Å². The predicted octanol–water partition coefficient (Wildman–Crippen LogP) is 2.98. The second kappa shape index (κ2) is 7.43. The van der Waals surface area contributed by atoms with Crippen LogP contribution in [0.25, 0.3) is 0 Å². The quantitative estimate of drug-likeness (QED) is 0.812. The number of ether oxygens (including phenoxy) is 1. The summed E-state index contributed by atoms with van der Waals surface area (Å²) in [6.07, 6.45) is 4.27. The molecule has 0 aliphatic rings. The molecule has 1 N–H and O–H groups in total. The Morgan fingerprint density at radius 1 is 1.43 bits per heavy atom. The molecule has 2 rings (SSSR count). The van der Waals surface area contributed by atoms with Crippen LogP contribution in [0, 0.1) is 5.92 Å². The third kappa shape index (κ3) is 4.19. The zero-order valence-corrected chi connectivity index (χ0v) is 13.3. The fraction of sp³-hybridized carbons (Fsp3) is 0.562. The predicted molar refractivity (Wildman–Crippen MR) is 82.0 cm³/mol. The summed E-state index contributed by atoms with van der Waals surface area (Å²) in [4.78, 5) is 0. The molecule has 0 spiro atoms. The highest BCUT2D eigenvalue weighted by molar-refractivity contribution is 5.17. The summed E-state index contributed by atoms with van der Waals surface area (Å²) in [5.41, 5.74) is 2.22. The number of methoxy groups -OCH3 is 1. The van der Waals surface area contributed by atoms with Gasteiger partial charge in [-0.15, -0.1) is 0 Å². The zero-order chi connectivity index (χ0) is 15.2. The Morgan fingerprint density at radius 3 is 2.90 bits per heavy atom. The molecule has 5 heteroatoms. The molecule has 0 aromatic carbocycles. The number of rotatable bonds is 8. The molecule has 0 bridgehead atoms. The molecule has 1 atom stereocenters. The van der Waals surface area contributed by atoms with Gasteiger partial charge in [-0.1, -0.05) is 25.9 Å². The van der Waals surface area contributed by atoms with E-state index in [1.165, 1.54) is 5.56 Å². The SMILES string of the molecule is CCNC(c1ccn(Cc2cc(COC)on2)c1)C(C)C. The summed E-state index contributed by atoms with van der Waals surface area (Å²) in [5.74, 6) is 1.31. The van der Waals surface area contributed by atoms with Crippen molar-refractivity contribution in [1.29, 1.82) is 0 Å². The summed E-state index contributed by atoms with van der Waals surface area (Å²) in [5, 5.41) is 7.60. The summed E-state index contributed by atoms with van der Waals surface area (Å²) >= 11 is 0. The maximum absolute atomic E-state index is 5.21. The van der Waals surface area contributed by atoms with Crippen LogP contribution in [0.5, 0.6) is 0 Å². The van der Waals surface area contributed by atoms with Gasteiger partial charge in [0.15, 0.2) is 5.76 Å². The van der Waals surface area contributed by atoms with Crippen molar-refractivity contribution in [3.63, 3.8) is 0 Å². The van der Waals surface area contributed by atoms with E-state index in [0.29, 0.717) is 25.1 Å². The normalized spacial score (nSPS) is 13.0. The molecule has 2 aromatic rings. The van der Waals surface area contributed by atoms with E-state index in [4.69, 9.17) is 9.26 Å². The lowest BCUT2D eigenvalue weighted by molar-refractivity contribution is 0.155. The number of hydrogen-bond acceptors (Lipinski definition) is 4. The van der Waals surface area contributed by atoms with Crippen LogP contribution in [0.15, 0.2) is 29.0 Å². The topological polar surface area (TPSA) is 52.2 Å². The molecule has 0 aliphatic carbocycles. The van der Waals surface area contributed by atoms with E-state index in [1.807, 2.05) is 6.07 Å². The highest BCUT2D eigenvalue weighted by atomic mass is 16.5. The van der Waals surface area contributed by atoms with Gasteiger partial charge in [-0.3, -0.25) is 0 Å². The van der Waals surface area contributed by atoms with Crippen molar-refractivity contribution < 1.29 is 9.26 Å². The molecule has 0 saturated carbocycles. The van der Waals surface area contributed by atoms with Gasteiger partial charge in [-0.25, -0.2) is 0 Å². The first kappa shape index (κ1) is 15.8. The first-order chi connectivity index (χ1) is 10.1. The first-order valence-electron chi connectivity index (χ1n) is 7.46. The minimum atomic E-state index is 0.387. The summed E-state index contributed by atoms with van der Waals surface area (Å²) in [6, 6.07) is 4.49. The summed E-state index contributed by atoms with van der Waals surface area (Å²) < 4.78 is 12.4. The van der Waals surface area contributed by atoms with Gasteiger partial charge in [-0.2, -0.15) is 0 Å². The van der Waals surface area contributed by atoms with E-state index in [-0.39, 0.29) is 0 Å². The first-order valence-corrected chi connectivity index (χ1v) is 7.46. The van der Waals surface area contributed by atoms with E-state index < -0.39 is 0 Å². The van der Waals surface area contributed by atoms with Crippen molar-refractivity contribution in [3.8, 4) is 0 Å². The Hall–Kier alpha value is -1.59. The van der Waals surface area contributed by atoms with E-state index in [1.54, 1.807) is 7.11 Å². The monoisotopic (exact) mass is 291 g/mol. The van der Waals surface area contributed by atoms with Crippen molar-refractivity contribution in [2.45, 2.75) is 40.0 Å². The second-order valence-corrected chi connectivity index (χ2v) is 5.61. The van der Waals surface area contributed by atoms with Gasteiger partial charge in [0.25, 0.3) is 0 Å². The van der Waals surface area contributed by atoms with Crippen LogP contribution in [0.2, 0.25) is 0 Å². The third-order valence-electron chi connectivity index (χ3n) is 3.46. The summed E-state index contributed by atoms with van der Waals surface area (Å²) in [7, 11) is 1.65. The molecule has 0 fully saturated rings. The smallest absolute Gasteiger partial charge is 0.162 e. The van der Waals surface area contributed by atoms with Gasteiger partial charge in [0.2, 0.25) is 0 Å². The molecule has 21 heavy (non-hydrogen) atoms. The lowest BCUT2D eigenvalue weighted by Crippen LogP contribution is -2.25. The summed E-state index contributed by atoms with van der Waals surface area (Å²) in [6.45, 7) is 8.75. The van der Waals surface area contributed by atoms with Crippen LogP contribution in [0.1, 0.15) is 43.8 Å². The average molecular weight is 291 g/mol. The van der Waals surface area contributed by atoms with Crippen LogP contribution in [-0.2, 0) is 17.9 Å². The molecule has 116 valence electrons. The Balaban J connectivity index is 2.04. The standard InChI is InChI=1S/C16H25N3O2/c1-5-17-16(12(2)3)13-6-7-19(9-13)10-14-8-15(11-20-4)21-18-14/h6-9,12,16-17H,5,10-11H2,1-4H3. The molecular weight excluding hydrogens is 266 g/mol. The van der Waals surface area contributed by atoms with Crippen molar-refractivity contribution in [3.05, 3.63) is 41.5 Å². The Morgan fingerprint density at radius 2 is 2.24 bits per heavy atom. The van der Waals surface area contributed by atoms with Crippen molar-refractivity contribution in [2.75, 3.05) is 13.7 Å². The van der Waals surface area contributed by atoms with Gasteiger partial charge >= 0.3 is 0 Å². The van der Waals surface area contributed by atoms with Crippen molar-refractivity contribution in [1.82, 2.24) is 15.0 Å². The van der Waals surface area contributed by atoms with Crippen LogP contribution < -0.4 is 5.32 Å². The second-order valence-electron chi connectivity index (χ2n) is 5.61. The molecule has 2 aromatic heterocycles. The van der Waals surface area contributed by atoms with E-state index in [2.05, 4.69) is 54.3 Å². The molecular formula is C16H25N3O2. The maximum atomic E-state index is 5.21. The van der Waals surface area contributed by atoms with Gasteiger partial charge in [0, 0.05) is 31.6 Å². The van der Waals surface area contributed by atoms with E-state index >= 15 is 0 Å². The van der Waals surface area contributed by atoms with Crippen LogP contribution in [0.4, 0.5) is 0 Å². The van der Waals surface area contributed by atoms with Gasteiger partial charge in [0.05, 0.1) is 6.54 Å². The van der Waals surface area contributed by atoms with Crippen LogP contribution in [-0.4, -0.2) is 23.4 Å². The Labute approximate surface area is 126 Å². The molecule has 1 unspecified atom stereocenters. The highest BCUT2D eigenvalue weighted by Crippen LogP contribution is 2.22. The van der Waals surface area contributed by atoms with Gasteiger partial charge in [0.1, 0.15) is 12.3 Å². The number of nitrogens with zero attached hydrogens (tertiary/aromatic N) is 2. The Bertz CT molecular complexity index is 545. The minimum absolute atomic E-state index is 0.387. The van der Waals surface area contributed by atoms with Crippen molar-refractivity contribution in [2.24, 2.45) is 5.92 Å². The molecule has 0 radical (unpaired) electrons. The van der Waals surface area contributed by atoms with E-state index in [9.17, 15) is 0 Å². The third-order valence-corrected chi connectivity index (χ3v) is 3.46.